The predicted molar refractivity (Wildman–Crippen MR) is 89.6 cm³/mol. The van der Waals surface area contributed by atoms with Gasteiger partial charge in [0, 0.05) is 44.2 Å². The minimum atomic E-state index is -0.911. The van der Waals surface area contributed by atoms with Gasteiger partial charge in [0.15, 0.2) is 17.5 Å². The Balaban J connectivity index is 1.50. The molecule has 1 aromatic carbocycles. The van der Waals surface area contributed by atoms with E-state index in [1.165, 1.54) is 6.07 Å². The molecule has 1 aliphatic rings. The minimum Gasteiger partial charge on any atom is -0.384 e. The lowest BCUT2D eigenvalue weighted by Gasteiger charge is -2.24. The second kappa shape index (κ2) is 7.53. The van der Waals surface area contributed by atoms with Crippen LogP contribution in [0, 0.1) is 11.6 Å². The quantitative estimate of drug-likeness (QED) is 0.655. The van der Waals surface area contributed by atoms with E-state index in [2.05, 4.69) is 20.2 Å². The summed E-state index contributed by atoms with van der Waals surface area (Å²) in [4.78, 5) is 6.48. The van der Waals surface area contributed by atoms with E-state index in [-0.39, 0.29) is 0 Å². The monoisotopic (exact) mass is 376 g/mol. The molecule has 0 N–H and O–H groups in total. The molecular formula is C18H18F2N4O3. The number of methoxy groups -OCH3 is 1. The molecule has 9 heteroatoms. The molecule has 0 unspecified atom stereocenters. The molecule has 0 saturated carbocycles. The summed E-state index contributed by atoms with van der Waals surface area (Å²) in [5.74, 6) is 0.0921. The van der Waals surface area contributed by atoms with E-state index in [0.29, 0.717) is 55.5 Å². The van der Waals surface area contributed by atoms with Crippen LogP contribution < -0.4 is 0 Å². The highest BCUT2D eigenvalue weighted by molar-refractivity contribution is 5.63. The third kappa shape index (κ3) is 3.74. The Morgan fingerprint density at radius 3 is 2.89 bits per heavy atom. The zero-order valence-corrected chi connectivity index (χ0v) is 14.7. The van der Waals surface area contributed by atoms with Crippen LogP contribution in [-0.4, -0.2) is 40.5 Å². The number of aromatic nitrogens is 3. The maximum Gasteiger partial charge on any atom is 0.240 e. The first-order chi connectivity index (χ1) is 13.1. The lowest BCUT2D eigenvalue weighted by Crippen LogP contribution is -2.29. The minimum absolute atomic E-state index is 0.486. The lowest BCUT2D eigenvalue weighted by atomic mass is 10.0. The normalized spacial score (nSPS) is 14.5. The van der Waals surface area contributed by atoms with Gasteiger partial charge in [0.25, 0.3) is 0 Å². The van der Waals surface area contributed by atoms with Crippen molar-refractivity contribution in [3.8, 4) is 11.3 Å². The summed E-state index contributed by atoms with van der Waals surface area (Å²) in [5.41, 5.74) is 1.88. The van der Waals surface area contributed by atoms with Crippen LogP contribution in [0.3, 0.4) is 0 Å². The van der Waals surface area contributed by atoms with E-state index in [9.17, 15) is 8.78 Å². The number of halogens is 2. The van der Waals surface area contributed by atoms with Gasteiger partial charge in [-0.1, -0.05) is 10.3 Å². The molecule has 1 aliphatic heterocycles. The van der Waals surface area contributed by atoms with Gasteiger partial charge in [0.2, 0.25) is 5.89 Å². The van der Waals surface area contributed by atoms with Crippen molar-refractivity contribution in [2.45, 2.75) is 25.9 Å². The van der Waals surface area contributed by atoms with Crippen LogP contribution in [0.4, 0.5) is 8.78 Å². The first kappa shape index (κ1) is 17.7. The van der Waals surface area contributed by atoms with Gasteiger partial charge in [-0.2, -0.15) is 4.98 Å². The number of rotatable bonds is 6. The number of nitrogens with zero attached hydrogens (tertiary/aromatic N) is 4. The molecule has 3 aromatic rings. The lowest BCUT2D eigenvalue weighted by molar-refractivity contribution is 0.197. The summed E-state index contributed by atoms with van der Waals surface area (Å²) in [7, 11) is 1.62. The Hall–Kier alpha value is -2.65. The molecule has 0 atom stereocenters. The predicted octanol–water partition coefficient (Wildman–Crippen LogP) is 2.75. The van der Waals surface area contributed by atoms with E-state index in [4.69, 9.17) is 13.8 Å². The van der Waals surface area contributed by atoms with Crippen LogP contribution in [0.15, 0.2) is 27.2 Å². The van der Waals surface area contributed by atoms with Crippen molar-refractivity contribution < 1.29 is 22.6 Å². The van der Waals surface area contributed by atoms with E-state index in [0.717, 1.165) is 30.0 Å². The van der Waals surface area contributed by atoms with Crippen molar-refractivity contribution in [3.05, 3.63) is 52.9 Å². The van der Waals surface area contributed by atoms with Crippen LogP contribution in [-0.2, 0) is 30.7 Å². The van der Waals surface area contributed by atoms with Gasteiger partial charge in [-0.15, -0.1) is 0 Å². The Kier molecular flexibility index (Phi) is 4.95. The third-order valence-electron chi connectivity index (χ3n) is 4.50. The zero-order chi connectivity index (χ0) is 18.8. The molecule has 3 heterocycles. The molecule has 0 amide bonds. The Morgan fingerprint density at radius 2 is 2.07 bits per heavy atom. The van der Waals surface area contributed by atoms with E-state index < -0.39 is 11.6 Å². The van der Waals surface area contributed by atoms with Crippen LogP contribution in [0.1, 0.15) is 23.0 Å². The second-order valence-electron chi connectivity index (χ2n) is 6.37. The van der Waals surface area contributed by atoms with Gasteiger partial charge < -0.3 is 13.8 Å². The van der Waals surface area contributed by atoms with Crippen molar-refractivity contribution in [2.75, 3.05) is 20.3 Å². The topological polar surface area (TPSA) is 77.4 Å². The van der Waals surface area contributed by atoms with Gasteiger partial charge >= 0.3 is 0 Å². The van der Waals surface area contributed by atoms with E-state index in [1.54, 1.807) is 7.11 Å². The van der Waals surface area contributed by atoms with Crippen molar-refractivity contribution in [1.29, 1.82) is 0 Å². The highest BCUT2D eigenvalue weighted by Crippen LogP contribution is 2.31. The highest BCUT2D eigenvalue weighted by Gasteiger charge is 2.26. The van der Waals surface area contributed by atoms with Gasteiger partial charge in [0.05, 0.1) is 13.2 Å². The first-order valence-electron chi connectivity index (χ1n) is 8.59. The summed E-state index contributed by atoms with van der Waals surface area (Å²) in [6.45, 7) is 2.31. The maximum absolute atomic E-state index is 13.6. The standard InChI is InChI=1S/C18H18F2N4O3/c1-25-7-5-16-21-17(27-22-16)10-24-6-4-15-12(9-24)18(23-26-15)11-2-3-13(19)14(20)8-11/h2-3,8H,4-7,9-10H2,1H3. The molecule has 0 radical (unpaired) electrons. The summed E-state index contributed by atoms with van der Waals surface area (Å²) >= 11 is 0. The number of hydrogen-bond acceptors (Lipinski definition) is 7. The smallest absolute Gasteiger partial charge is 0.240 e. The molecular weight excluding hydrogens is 358 g/mol. The first-order valence-corrected chi connectivity index (χ1v) is 8.59. The molecule has 0 aliphatic carbocycles. The average Bonchev–Trinajstić information content (AvgIpc) is 3.29. The van der Waals surface area contributed by atoms with E-state index >= 15 is 0 Å². The fraction of sp³-hybridized carbons (Fsp3) is 0.389. The highest BCUT2D eigenvalue weighted by atomic mass is 19.2. The van der Waals surface area contributed by atoms with Crippen molar-refractivity contribution in [2.24, 2.45) is 0 Å². The van der Waals surface area contributed by atoms with Crippen molar-refractivity contribution in [3.63, 3.8) is 0 Å². The Bertz CT molecular complexity index is 941. The molecule has 0 bridgehead atoms. The molecule has 0 fully saturated rings. The SMILES string of the molecule is COCCc1noc(CN2CCc3onc(-c4ccc(F)c(F)c4)c3C2)n1. The van der Waals surface area contributed by atoms with Gasteiger partial charge in [-0.25, -0.2) is 8.78 Å². The van der Waals surface area contributed by atoms with Crippen LogP contribution >= 0.6 is 0 Å². The summed E-state index contributed by atoms with van der Waals surface area (Å²) in [6.07, 6.45) is 1.26. The zero-order valence-electron chi connectivity index (χ0n) is 14.7. The molecule has 7 nitrogen and oxygen atoms in total. The number of hydrogen-bond donors (Lipinski definition) is 0. The molecule has 0 spiro atoms. The molecule has 27 heavy (non-hydrogen) atoms. The van der Waals surface area contributed by atoms with Crippen LogP contribution in [0.2, 0.25) is 0 Å². The number of fused-ring (bicyclic) bond motifs is 1. The van der Waals surface area contributed by atoms with Crippen LogP contribution in [0.25, 0.3) is 11.3 Å². The fourth-order valence-electron chi connectivity index (χ4n) is 3.11. The molecule has 0 saturated heterocycles. The second-order valence-corrected chi connectivity index (χ2v) is 6.37. The molecule has 142 valence electrons. The largest absolute Gasteiger partial charge is 0.384 e. The third-order valence-corrected chi connectivity index (χ3v) is 4.50. The Morgan fingerprint density at radius 1 is 1.19 bits per heavy atom. The Labute approximate surface area is 153 Å². The van der Waals surface area contributed by atoms with Crippen molar-refractivity contribution in [1.82, 2.24) is 20.2 Å². The fourth-order valence-corrected chi connectivity index (χ4v) is 3.11. The number of benzene rings is 1. The average molecular weight is 376 g/mol. The molecule has 2 aromatic heterocycles. The van der Waals surface area contributed by atoms with Gasteiger partial charge in [0.1, 0.15) is 11.5 Å². The summed E-state index contributed by atoms with van der Waals surface area (Å²) in [6, 6.07) is 3.72. The molecule has 4 rings (SSSR count). The van der Waals surface area contributed by atoms with Gasteiger partial charge in [-0.05, 0) is 18.2 Å². The van der Waals surface area contributed by atoms with E-state index in [1.807, 2.05) is 0 Å². The summed E-state index contributed by atoms with van der Waals surface area (Å²) < 4.78 is 42.5. The number of ether oxygens (including phenoxy) is 1. The van der Waals surface area contributed by atoms with Gasteiger partial charge in [-0.3, -0.25) is 4.90 Å². The van der Waals surface area contributed by atoms with Crippen LogP contribution in [0.5, 0.6) is 0 Å². The summed E-state index contributed by atoms with van der Waals surface area (Å²) in [5, 5.41) is 8.00. The van der Waals surface area contributed by atoms with Crippen molar-refractivity contribution >= 4 is 0 Å². The maximum atomic E-state index is 13.6.